The third-order valence-electron chi connectivity index (χ3n) is 3.52. The maximum absolute atomic E-state index is 5.57. The SMILES string of the molecule is CN(Cc1cc(-c2ccccc2)on1)c1cc(CCN)ncn1. The molecule has 2 aromatic heterocycles. The minimum Gasteiger partial charge on any atom is -0.356 e. The molecule has 0 saturated heterocycles. The number of hydrogen-bond donors (Lipinski definition) is 1. The highest BCUT2D eigenvalue weighted by Gasteiger charge is 2.10. The molecule has 0 radical (unpaired) electrons. The van der Waals surface area contributed by atoms with Crippen LogP contribution in [0, 0.1) is 0 Å². The maximum atomic E-state index is 5.57. The third-order valence-corrected chi connectivity index (χ3v) is 3.52. The maximum Gasteiger partial charge on any atom is 0.167 e. The summed E-state index contributed by atoms with van der Waals surface area (Å²) in [4.78, 5) is 10.5. The van der Waals surface area contributed by atoms with E-state index in [1.807, 2.05) is 54.4 Å². The molecule has 0 aliphatic carbocycles. The summed E-state index contributed by atoms with van der Waals surface area (Å²) >= 11 is 0. The van der Waals surface area contributed by atoms with Crippen molar-refractivity contribution in [3.63, 3.8) is 0 Å². The fraction of sp³-hybridized carbons (Fsp3) is 0.235. The number of nitrogens with zero attached hydrogens (tertiary/aromatic N) is 4. The standard InChI is InChI=1S/C17H19N5O/c1-22(17-10-14(7-8-18)19-12-20-17)11-15-9-16(23-21-15)13-5-3-2-4-6-13/h2-6,9-10,12H,7-8,11,18H2,1H3. The first-order chi connectivity index (χ1) is 11.3. The van der Waals surface area contributed by atoms with Gasteiger partial charge in [0.1, 0.15) is 17.8 Å². The molecule has 0 unspecified atom stereocenters. The zero-order valence-electron chi connectivity index (χ0n) is 13.0. The zero-order chi connectivity index (χ0) is 16.1. The lowest BCUT2D eigenvalue weighted by Gasteiger charge is -2.16. The molecular weight excluding hydrogens is 290 g/mol. The van der Waals surface area contributed by atoms with Crippen molar-refractivity contribution < 1.29 is 4.52 Å². The molecule has 0 saturated carbocycles. The van der Waals surface area contributed by atoms with Crippen LogP contribution < -0.4 is 10.6 Å². The first-order valence-corrected chi connectivity index (χ1v) is 7.49. The Balaban J connectivity index is 1.72. The fourth-order valence-electron chi connectivity index (χ4n) is 2.33. The Morgan fingerprint density at radius 2 is 1.91 bits per heavy atom. The van der Waals surface area contributed by atoms with E-state index in [1.54, 1.807) is 6.33 Å². The van der Waals surface area contributed by atoms with Gasteiger partial charge in [0.2, 0.25) is 0 Å². The van der Waals surface area contributed by atoms with Gasteiger partial charge in [0, 0.05) is 36.9 Å². The third kappa shape index (κ3) is 3.73. The Bertz CT molecular complexity index is 756. The predicted molar refractivity (Wildman–Crippen MR) is 88.8 cm³/mol. The first-order valence-electron chi connectivity index (χ1n) is 7.49. The highest BCUT2D eigenvalue weighted by atomic mass is 16.5. The van der Waals surface area contributed by atoms with Gasteiger partial charge in [-0.25, -0.2) is 9.97 Å². The molecule has 0 fully saturated rings. The van der Waals surface area contributed by atoms with Crippen molar-refractivity contribution in [2.24, 2.45) is 5.73 Å². The summed E-state index contributed by atoms with van der Waals surface area (Å²) in [5, 5.41) is 4.14. The largest absolute Gasteiger partial charge is 0.356 e. The smallest absolute Gasteiger partial charge is 0.167 e. The molecule has 6 heteroatoms. The van der Waals surface area contributed by atoms with E-state index >= 15 is 0 Å². The van der Waals surface area contributed by atoms with Crippen LogP contribution in [0.3, 0.4) is 0 Å². The van der Waals surface area contributed by atoms with Gasteiger partial charge in [-0.2, -0.15) is 0 Å². The first kappa shape index (κ1) is 15.2. The molecule has 0 bridgehead atoms. The van der Waals surface area contributed by atoms with E-state index in [9.17, 15) is 0 Å². The zero-order valence-corrected chi connectivity index (χ0v) is 13.0. The van der Waals surface area contributed by atoms with Crippen LogP contribution in [0.4, 0.5) is 5.82 Å². The minimum absolute atomic E-state index is 0.573. The van der Waals surface area contributed by atoms with E-state index < -0.39 is 0 Å². The lowest BCUT2D eigenvalue weighted by atomic mass is 10.1. The minimum atomic E-state index is 0.573. The fourth-order valence-corrected chi connectivity index (χ4v) is 2.33. The number of hydrogen-bond acceptors (Lipinski definition) is 6. The van der Waals surface area contributed by atoms with Crippen LogP contribution in [0.5, 0.6) is 0 Å². The Morgan fingerprint density at radius 1 is 1.09 bits per heavy atom. The molecule has 0 aliphatic rings. The van der Waals surface area contributed by atoms with Crippen LogP contribution in [0.2, 0.25) is 0 Å². The Morgan fingerprint density at radius 3 is 2.70 bits per heavy atom. The lowest BCUT2D eigenvalue weighted by molar-refractivity contribution is 0.423. The van der Waals surface area contributed by atoms with Crippen molar-refractivity contribution >= 4 is 5.82 Å². The van der Waals surface area contributed by atoms with E-state index in [-0.39, 0.29) is 0 Å². The molecule has 0 atom stereocenters. The molecule has 2 N–H and O–H groups in total. The van der Waals surface area contributed by atoms with Gasteiger partial charge in [-0.3, -0.25) is 0 Å². The van der Waals surface area contributed by atoms with Gasteiger partial charge in [0.05, 0.1) is 6.54 Å². The highest BCUT2D eigenvalue weighted by molar-refractivity contribution is 5.57. The average Bonchev–Trinajstić information content (AvgIpc) is 3.05. The average molecular weight is 309 g/mol. The molecule has 0 aliphatic heterocycles. The molecule has 23 heavy (non-hydrogen) atoms. The van der Waals surface area contributed by atoms with Crippen molar-refractivity contribution in [1.29, 1.82) is 0 Å². The van der Waals surface area contributed by atoms with Crippen molar-refractivity contribution in [2.45, 2.75) is 13.0 Å². The second-order valence-corrected chi connectivity index (χ2v) is 5.31. The summed E-state index contributed by atoms with van der Waals surface area (Å²) < 4.78 is 5.42. The van der Waals surface area contributed by atoms with Crippen molar-refractivity contribution in [1.82, 2.24) is 15.1 Å². The monoisotopic (exact) mass is 309 g/mol. The van der Waals surface area contributed by atoms with E-state index in [1.165, 1.54) is 0 Å². The van der Waals surface area contributed by atoms with E-state index in [4.69, 9.17) is 10.3 Å². The van der Waals surface area contributed by atoms with Gasteiger partial charge in [-0.05, 0) is 6.54 Å². The molecule has 3 aromatic rings. The van der Waals surface area contributed by atoms with Gasteiger partial charge >= 0.3 is 0 Å². The summed E-state index contributed by atoms with van der Waals surface area (Å²) in [5.74, 6) is 1.60. The lowest BCUT2D eigenvalue weighted by Crippen LogP contribution is -2.18. The van der Waals surface area contributed by atoms with Gasteiger partial charge in [-0.1, -0.05) is 35.5 Å². The van der Waals surface area contributed by atoms with Crippen molar-refractivity contribution in [2.75, 3.05) is 18.5 Å². The van der Waals surface area contributed by atoms with Crippen LogP contribution in [-0.2, 0) is 13.0 Å². The van der Waals surface area contributed by atoms with Gasteiger partial charge in [0.25, 0.3) is 0 Å². The van der Waals surface area contributed by atoms with E-state index in [0.717, 1.165) is 35.0 Å². The number of aromatic nitrogens is 3. The molecule has 2 heterocycles. The summed E-state index contributed by atoms with van der Waals surface area (Å²) in [6.07, 6.45) is 2.31. The van der Waals surface area contributed by atoms with Crippen LogP contribution in [0.1, 0.15) is 11.4 Å². The Kier molecular flexibility index (Phi) is 4.63. The van der Waals surface area contributed by atoms with Crippen LogP contribution in [0.15, 0.2) is 53.3 Å². The van der Waals surface area contributed by atoms with E-state index in [2.05, 4.69) is 15.1 Å². The van der Waals surface area contributed by atoms with Crippen molar-refractivity contribution in [3.05, 3.63) is 60.2 Å². The van der Waals surface area contributed by atoms with Gasteiger partial charge in [-0.15, -0.1) is 0 Å². The second kappa shape index (κ2) is 7.02. The summed E-state index contributed by atoms with van der Waals surface area (Å²) in [5.41, 5.74) is 8.38. The summed E-state index contributed by atoms with van der Waals surface area (Å²) in [6.45, 7) is 1.18. The topological polar surface area (TPSA) is 81.1 Å². The number of anilines is 1. The normalized spacial score (nSPS) is 10.7. The predicted octanol–water partition coefficient (Wildman–Crippen LogP) is 2.27. The molecule has 0 amide bonds. The van der Waals surface area contributed by atoms with Gasteiger partial charge < -0.3 is 15.2 Å². The Labute approximate surface area is 135 Å². The second-order valence-electron chi connectivity index (χ2n) is 5.31. The molecule has 0 spiro atoms. The molecule has 3 rings (SSSR count). The number of benzene rings is 1. The van der Waals surface area contributed by atoms with Crippen LogP contribution in [-0.4, -0.2) is 28.7 Å². The summed E-state index contributed by atoms with van der Waals surface area (Å²) in [6, 6.07) is 13.8. The number of nitrogens with two attached hydrogens (primary N) is 1. The van der Waals surface area contributed by atoms with Crippen LogP contribution >= 0.6 is 0 Å². The molecule has 6 nitrogen and oxygen atoms in total. The molecular formula is C17H19N5O. The quantitative estimate of drug-likeness (QED) is 0.752. The Hall–Kier alpha value is -2.73. The van der Waals surface area contributed by atoms with Crippen molar-refractivity contribution in [3.8, 4) is 11.3 Å². The highest BCUT2D eigenvalue weighted by Crippen LogP contribution is 2.21. The van der Waals surface area contributed by atoms with Crippen LogP contribution in [0.25, 0.3) is 11.3 Å². The van der Waals surface area contributed by atoms with E-state index in [0.29, 0.717) is 13.1 Å². The molecule has 1 aromatic carbocycles. The molecule has 118 valence electrons. The van der Waals surface area contributed by atoms with Gasteiger partial charge in [0.15, 0.2) is 5.76 Å². The number of rotatable bonds is 6. The summed E-state index contributed by atoms with van der Waals surface area (Å²) in [7, 11) is 1.96.